The summed E-state index contributed by atoms with van der Waals surface area (Å²) in [7, 11) is 1.65. The number of halogens is 1. The van der Waals surface area contributed by atoms with Gasteiger partial charge in [-0.1, -0.05) is 38.4 Å². The zero-order valence-electron chi connectivity index (χ0n) is 13.5. The van der Waals surface area contributed by atoms with Crippen molar-refractivity contribution in [1.29, 1.82) is 0 Å². The molecule has 0 heterocycles. The molecule has 3 rings (SSSR count). The third kappa shape index (κ3) is 2.27. The van der Waals surface area contributed by atoms with E-state index in [1.807, 2.05) is 12.1 Å². The van der Waals surface area contributed by atoms with Crippen LogP contribution >= 0.6 is 11.6 Å². The summed E-state index contributed by atoms with van der Waals surface area (Å²) in [5.74, 6) is 1.62. The molecule has 0 radical (unpaired) electrons. The molecule has 2 bridgehead atoms. The highest BCUT2D eigenvalue weighted by atomic mass is 35.5. The van der Waals surface area contributed by atoms with Crippen LogP contribution in [0.4, 0.5) is 0 Å². The maximum atomic E-state index is 6.21. The molecule has 2 fully saturated rings. The van der Waals surface area contributed by atoms with Crippen molar-refractivity contribution in [2.75, 3.05) is 7.11 Å². The summed E-state index contributed by atoms with van der Waals surface area (Å²) in [6, 6.07) is 6.67. The average molecular weight is 308 g/mol. The molecule has 3 unspecified atom stereocenters. The van der Waals surface area contributed by atoms with Crippen LogP contribution in [0, 0.1) is 16.7 Å². The number of fused-ring (bicyclic) bond motifs is 2. The second-order valence-corrected chi connectivity index (χ2v) is 7.92. The third-order valence-corrected chi connectivity index (χ3v) is 6.86. The Balaban J connectivity index is 1.68. The second kappa shape index (κ2) is 5.17. The minimum atomic E-state index is 0.425. The Labute approximate surface area is 133 Å². The average Bonchev–Trinajstić information content (AvgIpc) is 2.78. The molecule has 2 aliphatic carbocycles. The van der Waals surface area contributed by atoms with Crippen LogP contribution in [0.1, 0.15) is 45.6 Å². The summed E-state index contributed by atoms with van der Waals surface area (Å²) >= 11 is 6.21. The molecule has 21 heavy (non-hydrogen) atoms. The van der Waals surface area contributed by atoms with Crippen LogP contribution in [0.15, 0.2) is 18.2 Å². The topological polar surface area (TPSA) is 21.3 Å². The minimum absolute atomic E-state index is 0.425. The number of hydrogen-bond donors (Lipinski definition) is 1. The van der Waals surface area contributed by atoms with E-state index in [2.05, 4.69) is 32.2 Å². The van der Waals surface area contributed by atoms with Crippen LogP contribution in [0.5, 0.6) is 5.75 Å². The Morgan fingerprint density at radius 2 is 2.10 bits per heavy atom. The van der Waals surface area contributed by atoms with Gasteiger partial charge in [-0.3, -0.25) is 0 Å². The van der Waals surface area contributed by atoms with Crippen molar-refractivity contribution in [1.82, 2.24) is 5.32 Å². The van der Waals surface area contributed by atoms with Gasteiger partial charge in [0, 0.05) is 12.6 Å². The summed E-state index contributed by atoms with van der Waals surface area (Å²) in [6.07, 6.45) is 4.06. The number of methoxy groups -OCH3 is 1. The van der Waals surface area contributed by atoms with Gasteiger partial charge in [0.15, 0.2) is 0 Å². The van der Waals surface area contributed by atoms with E-state index in [0.717, 1.165) is 18.2 Å². The second-order valence-electron chi connectivity index (χ2n) is 7.51. The number of ether oxygens (including phenoxy) is 1. The monoisotopic (exact) mass is 307 g/mol. The lowest BCUT2D eigenvalue weighted by molar-refractivity contribution is 0.120. The van der Waals surface area contributed by atoms with Gasteiger partial charge in [0.1, 0.15) is 5.75 Å². The van der Waals surface area contributed by atoms with E-state index in [1.54, 1.807) is 7.11 Å². The standard InChI is InChI=1S/C18H26ClNO/c1-17(2)13-7-8-18(17,3)16(10-13)20-11-12-5-6-15(21-4)14(19)9-12/h5-6,9,13,16,20H,7-8,10-11H2,1-4H3. The number of benzene rings is 1. The lowest BCUT2D eigenvalue weighted by atomic mass is 9.69. The zero-order valence-corrected chi connectivity index (χ0v) is 14.3. The highest BCUT2D eigenvalue weighted by Crippen LogP contribution is 2.65. The molecule has 3 atom stereocenters. The first-order chi connectivity index (χ1) is 9.88. The fourth-order valence-electron chi connectivity index (χ4n) is 4.57. The van der Waals surface area contributed by atoms with E-state index in [4.69, 9.17) is 16.3 Å². The van der Waals surface area contributed by atoms with Crippen LogP contribution in [-0.2, 0) is 6.54 Å². The molecule has 1 aromatic carbocycles. The van der Waals surface area contributed by atoms with Gasteiger partial charge in [0.25, 0.3) is 0 Å². The quantitative estimate of drug-likeness (QED) is 0.874. The van der Waals surface area contributed by atoms with E-state index in [1.165, 1.54) is 24.8 Å². The summed E-state index contributed by atoms with van der Waals surface area (Å²) in [4.78, 5) is 0. The molecule has 0 spiro atoms. The fraction of sp³-hybridized carbons (Fsp3) is 0.667. The molecule has 1 aromatic rings. The normalized spacial score (nSPS) is 33.4. The van der Waals surface area contributed by atoms with E-state index < -0.39 is 0 Å². The third-order valence-electron chi connectivity index (χ3n) is 6.56. The van der Waals surface area contributed by atoms with Gasteiger partial charge in [0.2, 0.25) is 0 Å². The van der Waals surface area contributed by atoms with Gasteiger partial charge in [-0.15, -0.1) is 0 Å². The molecule has 1 N–H and O–H groups in total. The Morgan fingerprint density at radius 1 is 1.33 bits per heavy atom. The van der Waals surface area contributed by atoms with Gasteiger partial charge in [-0.25, -0.2) is 0 Å². The smallest absolute Gasteiger partial charge is 0.137 e. The van der Waals surface area contributed by atoms with Gasteiger partial charge in [0.05, 0.1) is 12.1 Å². The van der Waals surface area contributed by atoms with Crippen LogP contribution in [0.3, 0.4) is 0 Å². The molecule has 0 saturated heterocycles. The van der Waals surface area contributed by atoms with Crippen molar-refractivity contribution < 1.29 is 4.74 Å². The van der Waals surface area contributed by atoms with Crippen LogP contribution in [0.2, 0.25) is 5.02 Å². The van der Waals surface area contributed by atoms with E-state index >= 15 is 0 Å². The van der Waals surface area contributed by atoms with E-state index in [0.29, 0.717) is 21.9 Å². The van der Waals surface area contributed by atoms with Crippen molar-refractivity contribution in [2.24, 2.45) is 16.7 Å². The van der Waals surface area contributed by atoms with Crippen LogP contribution in [-0.4, -0.2) is 13.2 Å². The van der Waals surface area contributed by atoms with Gasteiger partial charge < -0.3 is 10.1 Å². The lowest BCUT2D eigenvalue weighted by Crippen LogP contribution is -2.44. The largest absolute Gasteiger partial charge is 0.495 e. The molecular formula is C18H26ClNO. The highest BCUT2D eigenvalue weighted by Gasteiger charge is 2.60. The predicted molar refractivity (Wildman–Crippen MR) is 87.9 cm³/mol. The minimum Gasteiger partial charge on any atom is -0.495 e. The number of nitrogens with one attached hydrogen (secondary N) is 1. The molecule has 0 amide bonds. The van der Waals surface area contributed by atoms with Gasteiger partial charge in [-0.2, -0.15) is 0 Å². The molecule has 3 heteroatoms. The first-order valence-electron chi connectivity index (χ1n) is 7.94. The van der Waals surface area contributed by atoms with E-state index in [-0.39, 0.29) is 0 Å². The first kappa shape index (κ1) is 15.2. The maximum Gasteiger partial charge on any atom is 0.137 e. The van der Waals surface area contributed by atoms with Crippen molar-refractivity contribution in [3.8, 4) is 5.75 Å². The summed E-state index contributed by atoms with van der Waals surface area (Å²) in [6.45, 7) is 8.26. The Morgan fingerprint density at radius 3 is 2.62 bits per heavy atom. The Kier molecular flexibility index (Phi) is 3.74. The maximum absolute atomic E-state index is 6.21. The SMILES string of the molecule is COc1ccc(CNC2CC3CCC2(C)C3(C)C)cc1Cl. The van der Waals surface area contributed by atoms with Crippen molar-refractivity contribution in [3.05, 3.63) is 28.8 Å². The molecule has 2 aliphatic rings. The number of rotatable bonds is 4. The molecule has 2 saturated carbocycles. The molecule has 116 valence electrons. The van der Waals surface area contributed by atoms with Crippen molar-refractivity contribution in [3.63, 3.8) is 0 Å². The van der Waals surface area contributed by atoms with Gasteiger partial charge in [-0.05, 0) is 53.7 Å². The molecule has 2 nitrogen and oxygen atoms in total. The predicted octanol–water partition coefficient (Wildman–Crippen LogP) is 4.65. The fourth-order valence-corrected chi connectivity index (χ4v) is 4.85. The molecule has 0 aliphatic heterocycles. The van der Waals surface area contributed by atoms with Crippen LogP contribution < -0.4 is 10.1 Å². The Bertz CT molecular complexity index is 542. The lowest BCUT2D eigenvalue weighted by Gasteiger charge is -2.39. The first-order valence-corrected chi connectivity index (χ1v) is 8.32. The van der Waals surface area contributed by atoms with Gasteiger partial charge >= 0.3 is 0 Å². The molecule has 0 aromatic heterocycles. The highest BCUT2D eigenvalue weighted by molar-refractivity contribution is 6.32. The number of hydrogen-bond acceptors (Lipinski definition) is 2. The molecular weight excluding hydrogens is 282 g/mol. The van der Waals surface area contributed by atoms with Crippen molar-refractivity contribution >= 4 is 11.6 Å². The van der Waals surface area contributed by atoms with E-state index in [9.17, 15) is 0 Å². The Hall–Kier alpha value is -0.730. The summed E-state index contributed by atoms with van der Waals surface area (Å²) in [5.41, 5.74) is 2.11. The summed E-state index contributed by atoms with van der Waals surface area (Å²) < 4.78 is 5.21. The van der Waals surface area contributed by atoms with Crippen molar-refractivity contribution in [2.45, 2.75) is 52.6 Å². The summed E-state index contributed by atoms with van der Waals surface area (Å²) in [5, 5.41) is 4.48. The zero-order chi connectivity index (χ0) is 15.3. The van der Waals surface area contributed by atoms with Crippen LogP contribution in [0.25, 0.3) is 0 Å².